The molecule has 8 heteroatoms. The molecule has 0 amide bonds. The van der Waals surface area contributed by atoms with E-state index in [1.54, 1.807) is 12.3 Å². The standard InChI is InChI=1S/C12H12ClFN2O2S2/c1-7-6-19-11(5-15)12(7)20(17,18)16-8-2-3-9(13)10(14)4-8/h2-4,6,16H,5,15H2,1H3. The molecule has 0 aliphatic heterocycles. The van der Waals surface area contributed by atoms with Crippen LogP contribution in [0.4, 0.5) is 10.1 Å². The Morgan fingerprint density at radius 3 is 2.75 bits per heavy atom. The molecular formula is C12H12ClFN2O2S2. The first-order valence-corrected chi connectivity index (χ1v) is 8.34. The normalized spacial score (nSPS) is 11.6. The predicted molar refractivity (Wildman–Crippen MR) is 79.2 cm³/mol. The molecule has 0 atom stereocenters. The van der Waals surface area contributed by atoms with E-state index in [0.29, 0.717) is 10.4 Å². The first-order chi connectivity index (χ1) is 9.35. The maximum absolute atomic E-state index is 13.3. The quantitative estimate of drug-likeness (QED) is 0.902. The van der Waals surface area contributed by atoms with Crippen LogP contribution in [0.1, 0.15) is 10.4 Å². The van der Waals surface area contributed by atoms with Crippen molar-refractivity contribution in [2.24, 2.45) is 5.73 Å². The van der Waals surface area contributed by atoms with Crippen LogP contribution in [0.25, 0.3) is 0 Å². The number of aryl methyl sites for hydroxylation is 1. The Morgan fingerprint density at radius 2 is 2.15 bits per heavy atom. The Balaban J connectivity index is 2.40. The maximum atomic E-state index is 13.3. The van der Waals surface area contributed by atoms with Crippen LogP contribution in [0.15, 0.2) is 28.5 Å². The van der Waals surface area contributed by atoms with Gasteiger partial charge in [0.15, 0.2) is 0 Å². The summed E-state index contributed by atoms with van der Waals surface area (Å²) in [5.74, 6) is -0.687. The van der Waals surface area contributed by atoms with Crippen molar-refractivity contribution in [1.29, 1.82) is 0 Å². The average molecular weight is 335 g/mol. The van der Waals surface area contributed by atoms with Gasteiger partial charge in [-0.3, -0.25) is 4.72 Å². The van der Waals surface area contributed by atoms with E-state index in [4.69, 9.17) is 17.3 Å². The number of anilines is 1. The molecule has 0 radical (unpaired) electrons. The Kier molecular flexibility index (Phi) is 4.33. The van der Waals surface area contributed by atoms with E-state index in [1.165, 1.54) is 23.5 Å². The minimum Gasteiger partial charge on any atom is -0.326 e. The second-order valence-corrected chi connectivity index (χ2v) is 7.10. The van der Waals surface area contributed by atoms with Gasteiger partial charge in [-0.25, -0.2) is 12.8 Å². The molecule has 1 aromatic heterocycles. The molecule has 1 aromatic carbocycles. The number of benzene rings is 1. The zero-order chi connectivity index (χ0) is 14.9. The van der Waals surface area contributed by atoms with E-state index in [9.17, 15) is 12.8 Å². The zero-order valence-electron chi connectivity index (χ0n) is 10.5. The molecule has 0 aliphatic carbocycles. The molecule has 2 rings (SSSR count). The van der Waals surface area contributed by atoms with Crippen molar-refractivity contribution in [3.8, 4) is 0 Å². The minimum atomic E-state index is -3.80. The maximum Gasteiger partial charge on any atom is 0.263 e. The Hall–Kier alpha value is -1.15. The Bertz CT molecular complexity index is 744. The van der Waals surface area contributed by atoms with Crippen molar-refractivity contribution in [3.05, 3.63) is 44.9 Å². The summed E-state index contributed by atoms with van der Waals surface area (Å²) in [7, 11) is -3.80. The van der Waals surface area contributed by atoms with Crippen LogP contribution in [-0.2, 0) is 16.6 Å². The van der Waals surface area contributed by atoms with Crippen molar-refractivity contribution < 1.29 is 12.8 Å². The number of sulfonamides is 1. The second-order valence-electron chi connectivity index (χ2n) is 4.11. The van der Waals surface area contributed by atoms with Gasteiger partial charge in [-0.1, -0.05) is 11.6 Å². The zero-order valence-corrected chi connectivity index (χ0v) is 12.9. The molecular weight excluding hydrogens is 323 g/mol. The van der Waals surface area contributed by atoms with Crippen LogP contribution in [0, 0.1) is 12.7 Å². The van der Waals surface area contributed by atoms with Crippen LogP contribution in [0.5, 0.6) is 0 Å². The Morgan fingerprint density at radius 1 is 1.45 bits per heavy atom. The summed E-state index contributed by atoms with van der Waals surface area (Å²) in [6.45, 7) is 1.82. The molecule has 108 valence electrons. The highest BCUT2D eigenvalue weighted by atomic mass is 35.5. The van der Waals surface area contributed by atoms with Crippen LogP contribution in [0.2, 0.25) is 5.02 Å². The number of hydrogen-bond acceptors (Lipinski definition) is 4. The third kappa shape index (κ3) is 2.95. The molecule has 0 bridgehead atoms. The number of thiophene rings is 1. The van der Waals surface area contributed by atoms with E-state index >= 15 is 0 Å². The fourth-order valence-corrected chi connectivity index (χ4v) is 4.63. The van der Waals surface area contributed by atoms with E-state index < -0.39 is 15.8 Å². The number of nitrogens with two attached hydrogens (primary N) is 1. The van der Waals surface area contributed by atoms with Crippen molar-refractivity contribution in [2.75, 3.05) is 4.72 Å². The summed E-state index contributed by atoms with van der Waals surface area (Å²) in [5, 5.41) is 1.65. The third-order valence-electron chi connectivity index (χ3n) is 2.62. The first-order valence-electron chi connectivity index (χ1n) is 5.60. The van der Waals surface area contributed by atoms with Crippen LogP contribution < -0.4 is 10.5 Å². The summed E-state index contributed by atoms with van der Waals surface area (Å²) in [5.41, 5.74) is 6.26. The molecule has 20 heavy (non-hydrogen) atoms. The fourth-order valence-electron chi connectivity index (χ4n) is 1.75. The lowest BCUT2D eigenvalue weighted by Crippen LogP contribution is -2.16. The highest BCUT2D eigenvalue weighted by Crippen LogP contribution is 2.29. The smallest absolute Gasteiger partial charge is 0.263 e. The summed E-state index contributed by atoms with van der Waals surface area (Å²) < 4.78 is 40.4. The highest BCUT2D eigenvalue weighted by molar-refractivity contribution is 7.93. The lowest BCUT2D eigenvalue weighted by molar-refractivity contribution is 0.600. The number of halogens is 2. The SMILES string of the molecule is Cc1csc(CN)c1S(=O)(=O)Nc1ccc(Cl)c(F)c1. The molecule has 0 fully saturated rings. The summed E-state index contributed by atoms with van der Waals surface area (Å²) >= 11 is 6.84. The molecule has 0 saturated carbocycles. The topological polar surface area (TPSA) is 72.2 Å². The van der Waals surface area contributed by atoms with E-state index in [-0.39, 0.29) is 22.2 Å². The first kappa shape index (κ1) is 15.2. The van der Waals surface area contributed by atoms with Gasteiger partial charge in [0.05, 0.1) is 10.7 Å². The Labute approximate surface area is 125 Å². The van der Waals surface area contributed by atoms with Gasteiger partial charge in [0.1, 0.15) is 10.7 Å². The predicted octanol–water partition coefficient (Wildman–Crippen LogP) is 3.11. The summed E-state index contributed by atoms with van der Waals surface area (Å²) in [6, 6.07) is 3.72. The molecule has 0 unspecified atom stereocenters. The van der Waals surface area contributed by atoms with Gasteiger partial charge in [-0.05, 0) is 36.1 Å². The molecule has 4 nitrogen and oxygen atoms in total. The third-order valence-corrected chi connectivity index (χ3v) is 5.79. The lowest BCUT2D eigenvalue weighted by atomic mass is 10.3. The van der Waals surface area contributed by atoms with Gasteiger partial charge in [-0.2, -0.15) is 0 Å². The molecule has 0 aliphatic rings. The van der Waals surface area contributed by atoms with Crippen LogP contribution in [0.3, 0.4) is 0 Å². The van der Waals surface area contributed by atoms with Crippen molar-refractivity contribution in [3.63, 3.8) is 0 Å². The molecule has 2 aromatic rings. The van der Waals surface area contributed by atoms with Crippen molar-refractivity contribution in [1.82, 2.24) is 0 Å². The van der Waals surface area contributed by atoms with Crippen molar-refractivity contribution >= 4 is 38.6 Å². The van der Waals surface area contributed by atoms with Crippen molar-refractivity contribution in [2.45, 2.75) is 18.4 Å². The van der Waals surface area contributed by atoms with Gasteiger partial charge in [0.2, 0.25) is 0 Å². The van der Waals surface area contributed by atoms with Crippen LogP contribution in [-0.4, -0.2) is 8.42 Å². The summed E-state index contributed by atoms with van der Waals surface area (Å²) in [4.78, 5) is 0.713. The minimum absolute atomic E-state index is 0.0673. The molecule has 1 heterocycles. The average Bonchev–Trinajstić information content (AvgIpc) is 2.75. The van der Waals surface area contributed by atoms with Gasteiger partial charge in [0, 0.05) is 11.4 Å². The van der Waals surface area contributed by atoms with E-state index in [1.807, 2.05) is 0 Å². The number of hydrogen-bond donors (Lipinski definition) is 2. The second kappa shape index (κ2) is 5.69. The lowest BCUT2D eigenvalue weighted by Gasteiger charge is -2.10. The fraction of sp³-hybridized carbons (Fsp3) is 0.167. The monoisotopic (exact) mass is 334 g/mol. The summed E-state index contributed by atoms with van der Waals surface area (Å²) in [6.07, 6.45) is 0. The molecule has 0 spiro atoms. The number of rotatable bonds is 4. The van der Waals surface area contributed by atoms with Gasteiger partial charge < -0.3 is 5.73 Å². The molecule has 0 saturated heterocycles. The number of nitrogens with one attached hydrogen (secondary N) is 1. The largest absolute Gasteiger partial charge is 0.326 e. The highest BCUT2D eigenvalue weighted by Gasteiger charge is 2.22. The van der Waals surface area contributed by atoms with Crippen LogP contribution >= 0.6 is 22.9 Å². The van der Waals surface area contributed by atoms with Gasteiger partial charge >= 0.3 is 0 Å². The van der Waals surface area contributed by atoms with Gasteiger partial charge in [0.25, 0.3) is 10.0 Å². The van der Waals surface area contributed by atoms with E-state index in [2.05, 4.69) is 4.72 Å². The van der Waals surface area contributed by atoms with Gasteiger partial charge in [-0.15, -0.1) is 11.3 Å². The molecule has 3 N–H and O–H groups in total. The van der Waals surface area contributed by atoms with E-state index in [0.717, 1.165) is 6.07 Å².